The molecule has 1 aliphatic rings. The van der Waals surface area contributed by atoms with Crippen LogP contribution >= 0.6 is 0 Å². The van der Waals surface area contributed by atoms with Crippen LogP contribution in [0.2, 0.25) is 0 Å². The average Bonchev–Trinajstić information content (AvgIpc) is 3.01. The van der Waals surface area contributed by atoms with E-state index in [0.717, 1.165) is 17.7 Å². The number of nitrogens with one attached hydrogen (secondary N) is 2. The van der Waals surface area contributed by atoms with E-state index in [1.54, 1.807) is 30.3 Å². The predicted octanol–water partition coefficient (Wildman–Crippen LogP) is 3.50. The molecule has 0 radical (unpaired) electrons. The molecule has 1 amide bonds. The van der Waals surface area contributed by atoms with Gasteiger partial charge >= 0.3 is 0 Å². The number of aromatic nitrogens is 1. The maximum Gasteiger partial charge on any atom is 0.272 e. The number of anilines is 1. The molecule has 0 saturated heterocycles. The zero-order valence-electron chi connectivity index (χ0n) is 15.2. The first-order chi connectivity index (χ1) is 13.0. The molecule has 3 aromatic rings. The molecule has 0 bridgehead atoms. The van der Waals surface area contributed by atoms with Crippen LogP contribution in [-0.4, -0.2) is 23.6 Å². The molecule has 0 fully saturated rings. The van der Waals surface area contributed by atoms with Gasteiger partial charge < -0.3 is 19.8 Å². The number of hydrogen-bond acceptors (Lipinski definition) is 4. The zero-order chi connectivity index (χ0) is 19.0. The van der Waals surface area contributed by atoms with Crippen molar-refractivity contribution in [3.8, 4) is 11.5 Å². The second-order valence-electron chi connectivity index (χ2n) is 6.58. The summed E-state index contributed by atoms with van der Waals surface area (Å²) < 4.78 is 11.5. The largest absolute Gasteiger partial charge is 0.492 e. The number of aromatic amines is 1. The van der Waals surface area contributed by atoms with E-state index in [2.05, 4.69) is 10.3 Å². The van der Waals surface area contributed by atoms with E-state index in [1.807, 2.05) is 26.0 Å². The molecular formula is C21H20N2O4. The van der Waals surface area contributed by atoms with E-state index in [4.69, 9.17) is 9.47 Å². The molecule has 0 spiro atoms. The van der Waals surface area contributed by atoms with Gasteiger partial charge in [0.05, 0.1) is 12.3 Å². The van der Waals surface area contributed by atoms with E-state index in [0.29, 0.717) is 28.8 Å². The van der Waals surface area contributed by atoms with Crippen molar-refractivity contribution in [3.63, 3.8) is 0 Å². The van der Waals surface area contributed by atoms with Gasteiger partial charge in [-0.05, 0) is 37.4 Å². The van der Waals surface area contributed by atoms with Gasteiger partial charge in [0.2, 0.25) is 0 Å². The van der Waals surface area contributed by atoms with Crippen molar-refractivity contribution < 1.29 is 14.3 Å². The molecule has 0 saturated carbocycles. The molecule has 1 aliphatic heterocycles. The van der Waals surface area contributed by atoms with Crippen LogP contribution < -0.4 is 20.3 Å². The van der Waals surface area contributed by atoms with Crippen LogP contribution in [0.1, 0.15) is 29.9 Å². The minimum absolute atomic E-state index is 0.0947. The number of carbonyl (C=O) groups excluding carboxylic acids is 1. The SMILES string of the molecule is CCOc1cc2c(cc1NC(=O)c1cc3ccccc3c(=O)[nH]1)O[C@@H](C)C2. The second-order valence-corrected chi connectivity index (χ2v) is 6.58. The zero-order valence-corrected chi connectivity index (χ0v) is 15.2. The highest BCUT2D eigenvalue weighted by molar-refractivity contribution is 6.05. The topological polar surface area (TPSA) is 80.4 Å². The number of H-pyrrole nitrogens is 1. The minimum Gasteiger partial charge on any atom is -0.492 e. The summed E-state index contributed by atoms with van der Waals surface area (Å²) in [7, 11) is 0. The monoisotopic (exact) mass is 364 g/mol. The van der Waals surface area contributed by atoms with Crippen molar-refractivity contribution in [1.29, 1.82) is 0 Å². The normalized spacial score (nSPS) is 15.3. The van der Waals surface area contributed by atoms with Gasteiger partial charge in [0.1, 0.15) is 23.3 Å². The summed E-state index contributed by atoms with van der Waals surface area (Å²) >= 11 is 0. The first-order valence-corrected chi connectivity index (χ1v) is 8.95. The molecule has 2 aromatic carbocycles. The van der Waals surface area contributed by atoms with Gasteiger partial charge in [-0.15, -0.1) is 0 Å². The molecule has 27 heavy (non-hydrogen) atoms. The number of hydrogen-bond donors (Lipinski definition) is 2. The highest BCUT2D eigenvalue weighted by Crippen LogP contribution is 2.38. The summed E-state index contributed by atoms with van der Waals surface area (Å²) in [6, 6.07) is 12.5. The van der Waals surface area contributed by atoms with E-state index >= 15 is 0 Å². The van der Waals surface area contributed by atoms with E-state index in [-0.39, 0.29) is 17.4 Å². The second kappa shape index (κ2) is 6.79. The molecule has 2 heterocycles. The fourth-order valence-electron chi connectivity index (χ4n) is 3.33. The van der Waals surface area contributed by atoms with Gasteiger partial charge in [0.25, 0.3) is 11.5 Å². The Hall–Kier alpha value is -3.28. The summed E-state index contributed by atoms with van der Waals surface area (Å²) in [6.07, 6.45) is 0.902. The van der Waals surface area contributed by atoms with Crippen LogP contribution in [0.4, 0.5) is 5.69 Å². The lowest BCUT2D eigenvalue weighted by Crippen LogP contribution is -2.19. The highest BCUT2D eigenvalue weighted by atomic mass is 16.5. The quantitative estimate of drug-likeness (QED) is 0.742. The number of amides is 1. The van der Waals surface area contributed by atoms with Crippen molar-refractivity contribution in [2.24, 2.45) is 0 Å². The molecule has 2 N–H and O–H groups in total. The number of carbonyl (C=O) groups is 1. The molecule has 1 aromatic heterocycles. The van der Waals surface area contributed by atoms with Crippen LogP contribution in [0.5, 0.6) is 11.5 Å². The Balaban J connectivity index is 1.69. The van der Waals surface area contributed by atoms with E-state index < -0.39 is 5.91 Å². The summed E-state index contributed by atoms with van der Waals surface area (Å²) in [5.41, 5.74) is 1.47. The number of ether oxygens (including phenoxy) is 2. The summed E-state index contributed by atoms with van der Waals surface area (Å²) in [6.45, 7) is 4.36. The third-order valence-corrected chi connectivity index (χ3v) is 4.54. The Morgan fingerprint density at radius 1 is 1.30 bits per heavy atom. The average molecular weight is 364 g/mol. The van der Waals surface area contributed by atoms with Gasteiger partial charge in [-0.25, -0.2) is 0 Å². The standard InChI is InChI=1S/C21H20N2O4/c1-3-26-19-10-14-8-12(2)27-18(14)11-16(19)22-21(25)17-9-13-6-4-5-7-15(13)20(24)23-17/h4-7,9-12H,3,8H2,1-2H3,(H,22,25)(H,23,24)/t12-/m0/s1. The van der Waals surface area contributed by atoms with Crippen LogP contribution in [-0.2, 0) is 6.42 Å². The predicted molar refractivity (Wildman–Crippen MR) is 104 cm³/mol. The maximum absolute atomic E-state index is 12.8. The highest BCUT2D eigenvalue weighted by Gasteiger charge is 2.23. The Labute approximate surface area is 156 Å². The van der Waals surface area contributed by atoms with Crippen LogP contribution in [0.3, 0.4) is 0 Å². The molecule has 0 aliphatic carbocycles. The molecular weight excluding hydrogens is 344 g/mol. The Morgan fingerprint density at radius 2 is 2.11 bits per heavy atom. The number of rotatable bonds is 4. The summed E-state index contributed by atoms with van der Waals surface area (Å²) in [5, 5.41) is 4.09. The summed E-state index contributed by atoms with van der Waals surface area (Å²) in [5.74, 6) is 0.920. The lowest BCUT2D eigenvalue weighted by molar-refractivity contribution is 0.102. The minimum atomic E-state index is -0.412. The fourth-order valence-corrected chi connectivity index (χ4v) is 3.33. The lowest BCUT2D eigenvalue weighted by atomic mass is 10.1. The van der Waals surface area contributed by atoms with E-state index in [1.165, 1.54) is 0 Å². The third-order valence-electron chi connectivity index (χ3n) is 4.54. The van der Waals surface area contributed by atoms with Crippen molar-refractivity contribution in [2.75, 3.05) is 11.9 Å². The number of pyridine rings is 1. The number of fused-ring (bicyclic) bond motifs is 2. The Bertz CT molecular complexity index is 1090. The Kier molecular flexibility index (Phi) is 4.32. The fraction of sp³-hybridized carbons (Fsp3) is 0.238. The molecule has 138 valence electrons. The van der Waals surface area contributed by atoms with Crippen LogP contribution in [0.25, 0.3) is 10.8 Å². The third kappa shape index (κ3) is 3.26. The number of benzene rings is 2. The van der Waals surface area contributed by atoms with Crippen molar-refractivity contribution in [3.05, 3.63) is 64.1 Å². The molecule has 0 unspecified atom stereocenters. The van der Waals surface area contributed by atoms with Gasteiger partial charge in [0, 0.05) is 23.4 Å². The van der Waals surface area contributed by atoms with Gasteiger partial charge in [-0.3, -0.25) is 9.59 Å². The van der Waals surface area contributed by atoms with Crippen molar-refractivity contribution in [2.45, 2.75) is 26.4 Å². The molecule has 6 heteroatoms. The van der Waals surface area contributed by atoms with Crippen LogP contribution in [0.15, 0.2) is 47.3 Å². The lowest BCUT2D eigenvalue weighted by Gasteiger charge is -2.13. The van der Waals surface area contributed by atoms with Crippen molar-refractivity contribution >= 4 is 22.4 Å². The summed E-state index contributed by atoms with van der Waals surface area (Å²) in [4.78, 5) is 27.6. The molecule has 6 nitrogen and oxygen atoms in total. The van der Waals surface area contributed by atoms with Gasteiger partial charge in [-0.1, -0.05) is 18.2 Å². The van der Waals surface area contributed by atoms with Crippen LogP contribution in [0, 0.1) is 0 Å². The van der Waals surface area contributed by atoms with Gasteiger partial charge in [0.15, 0.2) is 0 Å². The van der Waals surface area contributed by atoms with E-state index in [9.17, 15) is 9.59 Å². The smallest absolute Gasteiger partial charge is 0.272 e. The molecule has 4 rings (SSSR count). The molecule has 1 atom stereocenters. The maximum atomic E-state index is 12.8. The Morgan fingerprint density at radius 3 is 2.93 bits per heavy atom. The van der Waals surface area contributed by atoms with Gasteiger partial charge in [-0.2, -0.15) is 0 Å². The first kappa shape index (κ1) is 17.1. The first-order valence-electron chi connectivity index (χ1n) is 8.95. The van der Waals surface area contributed by atoms with Crippen molar-refractivity contribution in [1.82, 2.24) is 4.98 Å².